The van der Waals surface area contributed by atoms with Crippen LogP contribution in [0.3, 0.4) is 0 Å². The lowest BCUT2D eigenvalue weighted by Crippen LogP contribution is -2.22. The topological polar surface area (TPSA) is 78.8 Å². The van der Waals surface area contributed by atoms with E-state index in [0.29, 0.717) is 17.7 Å². The van der Waals surface area contributed by atoms with Crippen LogP contribution >= 0.6 is 15.9 Å². The summed E-state index contributed by atoms with van der Waals surface area (Å²) in [6.45, 7) is 1.83. The third-order valence-corrected chi connectivity index (χ3v) is 4.14. The number of carbonyl (C=O) groups excluding carboxylic acids is 1. The number of nitrogens with one attached hydrogen (secondary N) is 1. The summed E-state index contributed by atoms with van der Waals surface area (Å²) in [4.78, 5) is 12.2. The van der Waals surface area contributed by atoms with Crippen LogP contribution in [0.15, 0.2) is 53.0 Å². The number of ether oxygens (including phenoxy) is 1. The van der Waals surface area contributed by atoms with Crippen molar-refractivity contribution < 1.29 is 19.7 Å². The predicted octanol–water partition coefficient (Wildman–Crippen LogP) is 4.46. The second-order valence-electron chi connectivity index (χ2n) is 5.51. The maximum atomic E-state index is 12.2. The maximum Gasteiger partial charge on any atom is 0.412 e. The van der Waals surface area contributed by atoms with Gasteiger partial charge in [0.05, 0.1) is 0 Å². The number of halogens is 1. The third-order valence-electron chi connectivity index (χ3n) is 3.65. The molecule has 0 aliphatic rings. The highest BCUT2D eigenvalue weighted by atomic mass is 79.9. The van der Waals surface area contributed by atoms with Gasteiger partial charge in [0.15, 0.2) is 0 Å². The van der Waals surface area contributed by atoms with Crippen LogP contribution in [0.25, 0.3) is 0 Å². The SMILES string of the molecule is C[C@@H](CCO)[C@H](OC(=O)Nc1ccccc1)c1cc(Br)ccc1O. The number of hydrogen-bond donors (Lipinski definition) is 3. The van der Waals surface area contributed by atoms with Crippen LogP contribution < -0.4 is 5.32 Å². The Kier molecular flexibility index (Phi) is 6.63. The molecule has 1 amide bonds. The monoisotopic (exact) mass is 393 g/mol. The smallest absolute Gasteiger partial charge is 0.412 e. The second-order valence-corrected chi connectivity index (χ2v) is 6.43. The van der Waals surface area contributed by atoms with Gasteiger partial charge >= 0.3 is 6.09 Å². The van der Waals surface area contributed by atoms with Gasteiger partial charge in [0.2, 0.25) is 0 Å². The van der Waals surface area contributed by atoms with Crippen LogP contribution in [0.4, 0.5) is 10.5 Å². The number of benzene rings is 2. The number of anilines is 1. The molecule has 2 aromatic carbocycles. The first-order valence-electron chi connectivity index (χ1n) is 7.63. The molecule has 0 aliphatic carbocycles. The fraction of sp³-hybridized carbons (Fsp3) is 0.278. The van der Waals surface area contributed by atoms with E-state index in [4.69, 9.17) is 4.74 Å². The van der Waals surface area contributed by atoms with Crippen molar-refractivity contribution in [1.82, 2.24) is 0 Å². The normalized spacial score (nSPS) is 13.1. The summed E-state index contributed by atoms with van der Waals surface area (Å²) in [5.74, 6) is -0.128. The zero-order chi connectivity index (χ0) is 17.5. The van der Waals surface area contributed by atoms with E-state index in [1.807, 2.05) is 25.1 Å². The quantitative estimate of drug-likeness (QED) is 0.676. The Balaban J connectivity index is 2.20. The maximum absolute atomic E-state index is 12.2. The Labute approximate surface area is 149 Å². The fourth-order valence-electron chi connectivity index (χ4n) is 2.38. The zero-order valence-corrected chi connectivity index (χ0v) is 14.9. The number of amides is 1. The van der Waals surface area contributed by atoms with Gasteiger partial charge in [-0.15, -0.1) is 0 Å². The van der Waals surface area contributed by atoms with Crippen molar-refractivity contribution in [2.75, 3.05) is 11.9 Å². The van der Waals surface area contributed by atoms with E-state index in [2.05, 4.69) is 21.2 Å². The van der Waals surface area contributed by atoms with Crippen LogP contribution in [0, 0.1) is 5.92 Å². The van der Waals surface area contributed by atoms with Gasteiger partial charge in [-0.05, 0) is 42.7 Å². The second kappa shape index (κ2) is 8.70. The average molecular weight is 394 g/mol. The molecular weight excluding hydrogens is 374 g/mol. The summed E-state index contributed by atoms with van der Waals surface area (Å²) < 4.78 is 6.32. The minimum atomic E-state index is -0.682. The van der Waals surface area contributed by atoms with Crippen molar-refractivity contribution in [2.45, 2.75) is 19.4 Å². The van der Waals surface area contributed by atoms with Gasteiger partial charge in [-0.1, -0.05) is 41.1 Å². The Morgan fingerprint density at radius 1 is 1.25 bits per heavy atom. The number of para-hydroxylation sites is 1. The lowest BCUT2D eigenvalue weighted by Gasteiger charge is -2.25. The number of hydrogen-bond acceptors (Lipinski definition) is 4. The molecule has 2 aromatic rings. The van der Waals surface area contributed by atoms with Gasteiger partial charge in [-0.2, -0.15) is 0 Å². The van der Waals surface area contributed by atoms with Gasteiger partial charge in [0.1, 0.15) is 11.9 Å². The molecule has 128 valence electrons. The third kappa shape index (κ3) is 4.97. The van der Waals surface area contributed by atoms with E-state index in [0.717, 1.165) is 4.47 Å². The molecule has 0 heterocycles. The Hall–Kier alpha value is -2.05. The molecule has 0 unspecified atom stereocenters. The van der Waals surface area contributed by atoms with E-state index in [9.17, 15) is 15.0 Å². The van der Waals surface area contributed by atoms with Gasteiger partial charge in [-0.25, -0.2) is 4.79 Å². The molecule has 0 saturated heterocycles. The average Bonchev–Trinajstić information content (AvgIpc) is 2.56. The van der Waals surface area contributed by atoms with Gasteiger partial charge < -0.3 is 14.9 Å². The van der Waals surface area contributed by atoms with Gasteiger partial charge in [0.25, 0.3) is 0 Å². The summed E-state index contributed by atoms with van der Waals surface area (Å²) >= 11 is 3.36. The lowest BCUT2D eigenvalue weighted by atomic mass is 9.94. The number of carbonyl (C=O) groups is 1. The predicted molar refractivity (Wildman–Crippen MR) is 96.0 cm³/mol. The number of aliphatic hydroxyl groups excluding tert-OH is 1. The minimum absolute atomic E-state index is 0.0317. The van der Waals surface area contributed by atoms with Crippen LogP contribution in [-0.4, -0.2) is 22.9 Å². The van der Waals surface area contributed by atoms with Crippen molar-refractivity contribution >= 4 is 27.7 Å². The summed E-state index contributed by atoms with van der Waals surface area (Å²) in [5, 5.41) is 22.0. The molecule has 0 fully saturated rings. The highest BCUT2D eigenvalue weighted by molar-refractivity contribution is 9.10. The summed E-state index contributed by atoms with van der Waals surface area (Å²) in [6, 6.07) is 13.9. The molecule has 0 saturated carbocycles. The van der Waals surface area contributed by atoms with E-state index >= 15 is 0 Å². The van der Waals surface area contributed by atoms with Crippen LogP contribution in [0.1, 0.15) is 25.0 Å². The highest BCUT2D eigenvalue weighted by Crippen LogP contribution is 2.36. The first-order valence-corrected chi connectivity index (χ1v) is 8.42. The van der Waals surface area contributed by atoms with Gasteiger partial charge in [-0.3, -0.25) is 5.32 Å². The molecule has 6 heteroatoms. The lowest BCUT2D eigenvalue weighted by molar-refractivity contribution is 0.0652. The summed E-state index contributed by atoms with van der Waals surface area (Å²) in [6.07, 6.45) is -0.858. The molecule has 2 atom stereocenters. The van der Waals surface area contributed by atoms with Crippen molar-refractivity contribution in [3.8, 4) is 5.75 Å². The largest absolute Gasteiger partial charge is 0.508 e. The number of aliphatic hydroxyl groups is 1. The molecule has 3 N–H and O–H groups in total. The molecule has 0 aliphatic heterocycles. The molecule has 2 rings (SSSR count). The standard InChI is InChI=1S/C18H20BrNO4/c1-12(9-10-21)17(15-11-13(19)7-8-16(15)22)24-18(23)20-14-5-3-2-4-6-14/h2-8,11-12,17,21-22H,9-10H2,1H3,(H,20,23)/t12-,17-/m0/s1. The molecule has 5 nitrogen and oxygen atoms in total. The van der Waals surface area contributed by atoms with Crippen LogP contribution in [-0.2, 0) is 4.74 Å². The van der Waals surface area contributed by atoms with Crippen molar-refractivity contribution in [3.05, 3.63) is 58.6 Å². The highest BCUT2D eigenvalue weighted by Gasteiger charge is 2.26. The Morgan fingerprint density at radius 2 is 1.96 bits per heavy atom. The molecule has 0 aromatic heterocycles. The number of phenols is 1. The number of rotatable bonds is 6. The van der Waals surface area contributed by atoms with E-state index in [-0.39, 0.29) is 18.3 Å². The Bertz CT molecular complexity index is 678. The minimum Gasteiger partial charge on any atom is -0.508 e. The van der Waals surface area contributed by atoms with Crippen molar-refractivity contribution in [1.29, 1.82) is 0 Å². The van der Waals surface area contributed by atoms with E-state index in [1.54, 1.807) is 24.3 Å². The molecule has 0 bridgehead atoms. The van der Waals surface area contributed by atoms with Crippen LogP contribution in [0.2, 0.25) is 0 Å². The number of aromatic hydroxyl groups is 1. The summed E-state index contributed by atoms with van der Waals surface area (Å²) in [7, 11) is 0. The Morgan fingerprint density at radius 3 is 2.62 bits per heavy atom. The number of phenolic OH excluding ortho intramolecular Hbond substituents is 1. The molecule has 0 radical (unpaired) electrons. The first-order chi connectivity index (χ1) is 11.5. The molecule has 24 heavy (non-hydrogen) atoms. The zero-order valence-electron chi connectivity index (χ0n) is 13.3. The van der Waals surface area contributed by atoms with Crippen molar-refractivity contribution in [3.63, 3.8) is 0 Å². The molecular formula is C18H20BrNO4. The first kappa shape index (κ1) is 18.3. The van der Waals surface area contributed by atoms with Crippen LogP contribution in [0.5, 0.6) is 5.75 Å². The fourth-order valence-corrected chi connectivity index (χ4v) is 2.76. The molecule has 0 spiro atoms. The summed E-state index contributed by atoms with van der Waals surface area (Å²) in [5.41, 5.74) is 1.11. The van der Waals surface area contributed by atoms with Crippen molar-refractivity contribution in [2.24, 2.45) is 5.92 Å². The van der Waals surface area contributed by atoms with Gasteiger partial charge in [0, 0.05) is 22.3 Å². The van der Waals surface area contributed by atoms with E-state index in [1.165, 1.54) is 6.07 Å². The van der Waals surface area contributed by atoms with E-state index < -0.39 is 12.2 Å².